The fraction of sp³-hybridized carbons (Fsp3) is 0.500. The van der Waals surface area contributed by atoms with E-state index in [-0.39, 0.29) is 11.1 Å². The van der Waals surface area contributed by atoms with Crippen LogP contribution in [-0.2, 0) is 0 Å². The van der Waals surface area contributed by atoms with Crippen LogP contribution in [0, 0.1) is 5.41 Å². The SMILES string of the molecule is C=C(F)C(Cl)=NC(=N)N(C)CCNC. The van der Waals surface area contributed by atoms with E-state index in [9.17, 15) is 4.39 Å². The van der Waals surface area contributed by atoms with Crippen LogP contribution in [0.4, 0.5) is 4.39 Å². The van der Waals surface area contributed by atoms with E-state index in [0.717, 1.165) is 0 Å². The van der Waals surface area contributed by atoms with Crippen LogP contribution in [0.3, 0.4) is 0 Å². The molecule has 0 bridgehead atoms. The van der Waals surface area contributed by atoms with Crippen molar-refractivity contribution in [3.05, 3.63) is 12.4 Å². The molecule has 4 nitrogen and oxygen atoms in total. The lowest BCUT2D eigenvalue weighted by atomic mass is 10.5. The van der Waals surface area contributed by atoms with Gasteiger partial charge in [-0.15, -0.1) is 0 Å². The molecule has 0 radical (unpaired) electrons. The summed E-state index contributed by atoms with van der Waals surface area (Å²) in [5.74, 6) is -0.928. The maximum Gasteiger partial charge on any atom is 0.219 e. The molecule has 0 aliphatic carbocycles. The molecule has 0 aromatic heterocycles. The average Bonchev–Trinajstić information content (AvgIpc) is 2.13. The minimum absolute atomic E-state index is 0.0935. The standard InChI is InChI=1S/C8H14ClFN4/c1-6(10)7(9)13-8(11)14(3)5-4-12-2/h11-12H,1,4-5H2,2-3H3. The number of nitrogens with one attached hydrogen (secondary N) is 2. The van der Waals surface area contributed by atoms with E-state index in [2.05, 4.69) is 16.9 Å². The maximum atomic E-state index is 12.4. The summed E-state index contributed by atoms with van der Waals surface area (Å²) < 4.78 is 12.4. The first-order chi connectivity index (χ1) is 6.49. The van der Waals surface area contributed by atoms with Gasteiger partial charge in [-0.2, -0.15) is 4.99 Å². The zero-order valence-corrected chi connectivity index (χ0v) is 9.03. The van der Waals surface area contributed by atoms with Gasteiger partial charge in [0.2, 0.25) is 5.96 Å². The normalized spacial score (nSPS) is 11.3. The molecule has 6 heteroatoms. The van der Waals surface area contributed by atoms with Crippen molar-refractivity contribution in [2.24, 2.45) is 4.99 Å². The van der Waals surface area contributed by atoms with Gasteiger partial charge in [0.05, 0.1) is 0 Å². The van der Waals surface area contributed by atoms with E-state index in [1.165, 1.54) is 0 Å². The van der Waals surface area contributed by atoms with Gasteiger partial charge in [-0.05, 0) is 7.05 Å². The fourth-order valence-electron chi connectivity index (χ4n) is 0.624. The summed E-state index contributed by atoms with van der Waals surface area (Å²) in [6.07, 6.45) is 0. The maximum absolute atomic E-state index is 12.4. The van der Waals surface area contributed by atoms with Crippen LogP contribution in [0.1, 0.15) is 0 Å². The molecule has 0 unspecified atom stereocenters. The van der Waals surface area contributed by atoms with Gasteiger partial charge >= 0.3 is 0 Å². The second-order valence-electron chi connectivity index (χ2n) is 2.66. The Labute approximate surface area is 88.0 Å². The fourth-order valence-corrected chi connectivity index (χ4v) is 0.704. The molecular weight excluding hydrogens is 207 g/mol. The Balaban J connectivity index is 4.19. The second kappa shape index (κ2) is 6.50. The smallest absolute Gasteiger partial charge is 0.219 e. The molecule has 0 atom stereocenters. The molecule has 0 aliphatic heterocycles. The summed E-state index contributed by atoms with van der Waals surface area (Å²) in [6, 6.07) is 0. The molecule has 0 heterocycles. The Kier molecular flexibility index (Phi) is 6.07. The van der Waals surface area contributed by atoms with E-state index in [0.29, 0.717) is 13.1 Å². The lowest BCUT2D eigenvalue weighted by Crippen LogP contribution is -2.31. The van der Waals surface area contributed by atoms with Crippen LogP contribution in [0.15, 0.2) is 17.4 Å². The van der Waals surface area contributed by atoms with Crippen LogP contribution in [0.5, 0.6) is 0 Å². The van der Waals surface area contributed by atoms with Crippen LogP contribution in [-0.4, -0.2) is 43.2 Å². The van der Waals surface area contributed by atoms with Gasteiger partial charge in [0.25, 0.3) is 0 Å². The highest BCUT2D eigenvalue weighted by atomic mass is 35.5. The second-order valence-corrected chi connectivity index (χ2v) is 3.01. The molecule has 0 saturated heterocycles. The lowest BCUT2D eigenvalue weighted by Gasteiger charge is -2.16. The van der Waals surface area contributed by atoms with Gasteiger partial charge in [0, 0.05) is 20.1 Å². The molecule has 2 N–H and O–H groups in total. The molecular formula is C8H14ClFN4. The summed E-state index contributed by atoms with van der Waals surface area (Å²) in [5.41, 5.74) is 0. The predicted molar refractivity (Wildman–Crippen MR) is 57.8 cm³/mol. The Hall–Kier alpha value is -0.940. The average molecular weight is 221 g/mol. The molecule has 0 aliphatic rings. The zero-order chi connectivity index (χ0) is 11.1. The topological polar surface area (TPSA) is 51.5 Å². The number of likely N-dealkylation sites (N-methyl/N-ethyl adjacent to an activating group) is 2. The highest BCUT2D eigenvalue weighted by Crippen LogP contribution is 2.02. The third-order valence-corrected chi connectivity index (χ3v) is 1.78. The number of allylic oxidation sites excluding steroid dienone is 1. The van der Waals surface area contributed by atoms with Crippen molar-refractivity contribution in [2.45, 2.75) is 0 Å². The minimum Gasteiger partial charge on any atom is -0.343 e. The van der Waals surface area contributed by atoms with E-state index >= 15 is 0 Å². The van der Waals surface area contributed by atoms with Gasteiger partial charge < -0.3 is 10.2 Å². The van der Waals surface area contributed by atoms with Gasteiger partial charge in [-0.1, -0.05) is 18.2 Å². The monoisotopic (exact) mass is 220 g/mol. The van der Waals surface area contributed by atoms with Gasteiger partial charge in [0.15, 0.2) is 11.0 Å². The van der Waals surface area contributed by atoms with E-state index in [1.807, 2.05) is 0 Å². The van der Waals surface area contributed by atoms with Crippen LogP contribution < -0.4 is 5.32 Å². The Morgan fingerprint density at radius 3 is 2.71 bits per heavy atom. The number of hydrogen-bond donors (Lipinski definition) is 2. The molecule has 0 aromatic rings. The molecule has 0 amide bonds. The first kappa shape index (κ1) is 13.1. The number of halogens is 2. The number of aliphatic imine (C=N–C) groups is 1. The molecule has 0 rings (SSSR count). The Morgan fingerprint density at radius 2 is 2.29 bits per heavy atom. The zero-order valence-electron chi connectivity index (χ0n) is 8.27. The first-order valence-corrected chi connectivity index (χ1v) is 4.40. The molecule has 0 spiro atoms. The van der Waals surface area contributed by atoms with Crippen molar-refractivity contribution in [1.82, 2.24) is 10.2 Å². The minimum atomic E-state index is -0.835. The van der Waals surface area contributed by atoms with Crippen molar-refractivity contribution in [1.29, 1.82) is 5.41 Å². The predicted octanol–water partition coefficient (Wildman–Crippen LogP) is 1.19. The molecule has 0 aromatic carbocycles. The number of nitrogens with zero attached hydrogens (tertiary/aromatic N) is 2. The molecule has 0 fully saturated rings. The highest BCUT2D eigenvalue weighted by molar-refractivity contribution is 6.69. The van der Waals surface area contributed by atoms with E-state index in [1.54, 1.807) is 19.0 Å². The first-order valence-electron chi connectivity index (χ1n) is 4.02. The molecule has 80 valence electrons. The highest BCUT2D eigenvalue weighted by Gasteiger charge is 2.05. The summed E-state index contributed by atoms with van der Waals surface area (Å²) in [4.78, 5) is 5.06. The lowest BCUT2D eigenvalue weighted by molar-refractivity contribution is 0.487. The van der Waals surface area contributed by atoms with Gasteiger partial charge in [-0.3, -0.25) is 5.41 Å². The Bertz CT molecular complexity index is 252. The van der Waals surface area contributed by atoms with Gasteiger partial charge in [-0.25, -0.2) is 4.39 Å². The van der Waals surface area contributed by atoms with E-state index in [4.69, 9.17) is 17.0 Å². The third kappa shape index (κ3) is 4.94. The van der Waals surface area contributed by atoms with Crippen LogP contribution in [0.2, 0.25) is 0 Å². The van der Waals surface area contributed by atoms with Crippen molar-refractivity contribution in [3.63, 3.8) is 0 Å². The van der Waals surface area contributed by atoms with Crippen molar-refractivity contribution in [2.75, 3.05) is 27.2 Å². The number of rotatable bonds is 4. The summed E-state index contributed by atoms with van der Waals surface area (Å²) in [6.45, 7) is 4.28. The molecule has 14 heavy (non-hydrogen) atoms. The van der Waals surface area contributed by atoms with Crippen molar-refractivity contribution >= 4 is 22.7 Å². The van der Waals surface area contributed by atoms with E-state index < -0.39 is 5.83 Å². The molecule has 0 saturated carbocycles. The largest absolute Gasteiger partial charge is 0.343 e. The Morgan fingerprint density at radius 1 is 1.71 bits per heavy atom. The van der Waals surface area contributed by atoms with Crippen LogP contribution in [0.25, 0.3) is 0 Å². The van der Waals surface area contributed by atoms with Gasteiger partial charge in [0.1, 0.15) is 0 Å². The van der Waals surface area contributed by atoms with Crippen LogP contribution >= 0.6 is 11.6 Å². The van der Waals surface area contributed by atoms with Crippen molar-refractivity contribution < 1.29 is 4.39 Å². The summed E-state index contributed by atoms with van der Waals surface area (Å²) in [5, 5.41) is 9.95. The number of guanidine groups is 1. The third-order valence-electron chi connectivity index (χ3n) is 1.49. The summed E-state index contributed by atoms with van der Waals surface area (Å²) in [7, 11) is 3.48. The number of hydrogen-bond acceptors (Lipinski definition) is 2. The quantitative estimate of drug-likeness (QED) is 0.553. The van der Waals surface area contributed by atoms with Crippen molar-refractivity contribution in [3.8, 4) is 0 Å². The summed E-state index contributed by atoms with van der Waals surface area (Å²) >= 11 is 5.38.